The van der Waals surface area contributed by atoms with E-state index in [0.29, 0.717) is 22.9 Å². The van der Waals surface area contributed by atoms with Gasteiger partial charge < -0.3 is 15.5 Å². The third-order valence-corrected chi connectivity index (χ3v) is 3.12. The van der Waals surface area contributed by atoms with Gasteiger partial charge in [-0.2, -0.15) is 0 Å². The van der Waals surface area contributed by atoms with Crippen LogP contribution in [0.4, 0.5) is 5.69 Å². The second-order valence-corrected chi connectivity index (χ2v) is 4.91. The second-order valence-electron chi connectivity index (χ2n) is 4.91. The largest absolute Gasteiger partial charge is 0.451 e. The summed E-state index contributed by atoms with van der Waals surface area (Å²) in [6.07, 6.45) is 0. The minimum Gasteiger partial charge on any atom is -0.451 e. The van der Waals surface area contributed by atoms with Crippen molar-refractivity contribution < 1.29 is 9.21 Å². The highest BCUT2D eigenvalue weighted by atomic mass is 16.3. The molecule has 0 saturated heterocycles. The van der Waals surface area contributed by atoms with Crippen LogP contribution in [0.2, 0.25) is 0 Å². The molecule has 18 heavy (non-hydrogen) atoms. The van der Waals surface area contributed by atoms with Gasteiger partial charge >= 0.3 is 0 Å². The van der Waals surface area contributed by atoms with Gasteiger partial charge in [-0.25, -0.2) is 0 Å². The van der Waals surface area contributed by atoms with E-state index >= 15 is 0 Å². The van der Waals surface area contributed by atoms with E-state index in [0.717, 1.165) is 5.39 Å². The number of nitrogens with two attached hydrogens (primary N) is 1. The van der Waals surface area contributed by atoms with E-state index in [9.17, 15) is 4.79 Å². The number of amides is 1. The van der Waals surface area contributed by atoms with E-state index in [4.69, 9.17) is 10.2 Å². The number of carbonyl (C=O) groups excluding carboxylic acids is 1. The smallest absolute Gasteiger partial charge is 0.287 e. The van der Waals surface area contributed by atoms with Crippen molar-refractivity contribution in [3.63, 3.8) is 0 Å². The van der Waals surface area contributed by atoms with Crippen molar-refractivity contribution in [1.29, 1.82) is 0 Å². The molecule has 0 fully saturated rings. The van der Waals surface area contributed by atoms with Crippen LogP contribution in [0.3, 0.4) is 0 Å². The molecule has 2 rings (SSSR count). The third-order valence-electron chi connectivity index (χ3n) is 3.12. The van der Waals surface area contributed by atoms with Crippen LogP contribution in [-0.2, 0) is 0 Å². The van der Waals surface area contributed by atoms with Crippen LogP contribution in [0.5, 0.6) is 0 Å². The van der Waals surface area contributed by atoms with Gasteiger partial charge in [-0.3, -0.25) is 4.79 Å². The molecule has 1 amide bonds. The van der Waals surface area contributed by atoms with Gasteiger partial charge in [0, 0.05) is 17.1 Å². The van der Waals surface area contributed by atoms with Crippen LogP contribution < -0.4 is 11.1 Å². The lowest BCUT2D eigenvalue weighted by molar-refractivity contribution is 0.0904. The van der Waals surface area contributed by atoms with Gasteiger partial charge in [-0.15, -0.1) is 0 Å². The van der Waals surface area contributed by atoms with Crippen molar-refractivity contribution in [3.8, 4) is 0 Å². The van der Waals surface area contributed by atoms with E-state index < -0.39 is 0 Å². The van der Waals surface area contributed by atoms with Crippen LogP contribution in [0.15, 0.2) is 28.7 Å². The number of nitrogens with one attached hydrogen (secondary N) is 1. The molecule has 0 saturated carbocycles. The lowest BCUT2D eigenvalue weighted by Crippen LogP contribution is -2.35. The molecule has 0 aliphatic carbocycles. The van der Waals surface area contributed by atoms with Crippen molar-refractivity contribution >= 4 is 22.6 Å². The van der Waals surface area contributed by atoms with Crippen LogP contribution in [0, 0.1) is 5.92 Å². The molecule has 1 atom stereocenters. The highest BCUT2D eigenvalue weighted by molar-refractivity contribution is 5.96. The van der Waals surface area contributed by atoms with Crippen LogP contribution in [0.25, 0.3) is 11.0 Å². The number of hydrogen-bond donors (Lipinski definition) is 2. The van der Waals surface area contributed by atoms with Crippen LogP contribution in [-0.4, -0.2) is 11.9 Å². The van der Waals surface area contributed by atoms with Gasteiger partial charge in [0.05, 0.1) is 0 Å². The van der Waals surface area contributed by atoms with Crippen molar-refractivity contribution in [1.82, 2.24) is 5.32 Å². The average Bonchev–Trinajstić information content (AvgIpc) is 2.71. The molecule has 2 aromatic rings. The predicted molar refractivity (Wildman–Crippen MR) is 72.4 cm³/mol. The Bertz CT molecular complexity index is 572. The lowest BCUT2D eigenvalue weighted by atomic mass is 10.1. The Morgan fingerprint density at radius 2 is 2.00 bits per heavy atom. The first-order chi connectivity index (χ1) is 8.47. The fourth-order valence-electron chi connectivity index (χ4n) is 1.62. The Kier molecular flexibility index (Phi) is 3.28. The van der Waals surface area contributed by atoms with Crippen molar-refractivity contribution in [2.45, 2.75) is 26.8 Å². The molecule has 0 spiro atoms. The molecule has 1 aromatic carbocycles. The zero-order valence-corrected chi connectivity index (χ0v) is 10.9. The summed E-state index contributed by atoms with van der Waals surface area (Å²) in [7, 11) is 0. The van der Waals surface area contributed by atoms with E-state index in [1.54, 1.807) is 24.3 Å². The normalized spacial score (nSPS) is 12.9. The van der Waals surface area contributed by atoms with Gasteiger partial charge in [0.2, 0.25) is 0 Å². The molecule has 1 heterocycles. The molecule has 3 N–H and O–H groups in total. The Labute approximate surface area is 106 Å². The summed E-state index contributed by atoms with van der Waals surface area (Å²) in [4.78, 5) is 12.0. The zero-order chi connectivity index (χ0) is 13.3. The first-order valence-corrected chi connectivity index (χ1v) is 6.07. The maximum Gasteiger partial charge on any atom is 0.287 e. The summed E-state index contributed by atoms with van der Waals surface area (Å²) in [5.74, 6) is 0.517. The fourth-order valence-corrected chi connectivity index (χ4v) is 1.62. The average molecular weight is 246 g/mol. The predicted octanol–water partition coefficient (Wildman–Crippen LogP) is 2.79. The standard InChI is InChI=1S/C14H18N2O2/c1-8(2)9(3)16-14(17)13-7-10-6-11(15)4-5-12(10)18-13/h4-9H,15H2,1-3H3,(H,16,17). The van der Waals surface area contributed by atoms with Crippen molar-refractivity contribution in [3.05, 3.63) is 30.0 Å². The molecule has 96 valence electrons. The molecule has 4 heteroatoms. The Hall–Kier alpha value is -1.97. The fraction of sp³-hybridized carbons (Fsp3) is 0.357. The summed E-state index contributed by atoms with van der Waals surface area (Å²) in [6.45, 7) is 6.10. The molecule has 1 aromatic heterocycles. The number of anilines is 1. The number of hydrogen-bond acceptors (Lipinski definition) is 3. The van der Waals surface area contributed by atoms with Gasteiger partial charge in [0.15, 0.2) is 5.76 Å². The number of benzene rings is 1. The molecular formula is C14H18N2O2. The number of furan rings is 1. The summed E-state index contributed by atoms with van der Waals surface area (Å²) in [5, 5.41) is 3.75. The zero-order valence-electron chi connectivity index (χ0n) is 10.9. The maximum atomic E-state index is 12.0. The maximum absolute atomic E-state index is 12.0. The Balaban J connectivity index is 2.23. The van der Waals surface area contributed by atoms with E-state index in [2.05, 4.69) is 19.2 Å². The molecule has 0 aliphatic rings. The molecule has 0 aliphatic heterocycles. The van der Waals surface area contributed by atoms with E-state index in [1.165, 1.54) is 0 Å². The third kappa shape index (κ3) is 2.47. The van der Waals surface area contributed by atoms with Crippen molar-refractivity contribution in [2.24, 2.45) is 5.92 Å². The summed E-state index contributed by atoms with van der Waals surface area (Å²) in [5.41, 5.74) is 7.02. The quantitative estimate of drug-likeness (QED) is 0.818. The summed E-state index contributed by atoms with van der Waals surface area (Å²) >= 11 is 0. The number of carbonyl (C=O) groups is 1. The summed E-state index contributed by atoms with van der Waals surface area (Å²) in [6, 6.07) is 7.14. The summed E-state index contributed by atoms with van der Waals surface area (Å²) < 4.78 is 5.50. The van der Waals surface area contributed by atoms with Gasteiger partial charge in [-0.05, 0) is 37.1 Å². The monoisotopic (exact) mass is 246 g/mol. The highest BCUT2D eigenvalue weighted by Crippen LogP contribution is 2.21. The molecule has 4 nitrogen and oxygen atoms in total. The number of rotatable bonds is 3. The van der Waals surface area contributed by atoms with Crippen molar-refractivity contribution in [2.75, 3.05) is 5.73 Å². The second kappa shape index (κ2) is 4.72. The van der Waals surface area contributed by atoms with Gasteiger partial charge in [-0.1, -0.05) is 13.8 Å². The van der Waals surface area contributed by atoms with E-state index in [-0.39, 0.29) is 11.9 Å². The molecule has 0 bridgehead atoms. The molecular weight excluding hydrogens is 228 g/mol. The van der Waals surface area contributed by atoms with Gasteiger partial charge in [0.1, 0.15) is 5.58 Å². The Morgan fingerprint density at radius 3 is 2.67 bits per heavy atom. The van der Waals surface area contributed by atoms with E-state index in [1.807, 2.05) is 6.92 Å². The first-order valence-electron chi connectivity index (χ1n) is 6.07. The molecule has 0 radical (unpaired) electrons. The number of fused-ring (bicyclic) bond motifs is 1. The lowest BCUT2D eigenvalue weighted by Gasteiger charge is -2.16. The first kappa shape index (κ1) is 12.5. The highest BCUT2D eigenvalue weighted by Gasteiger charge is 2.16. The Morgan fingerprint density at radius 1 is 1.28 bits per heavy atom. The SMILES string of the molecule is CC(C)C(C)NC(=O)c1cc2cc(N)ccc2o1. The number of nitrogen functional groups attached to an aromatic ring is 1. The minimum atomic E-state index is -0.189. The minimum absolute atomic E-state index is 0.107. The van der Waals surface area contributed by atoms with Gasteiger partial charge in [0.25, 0.3) is 5.91 Å². The molecule has 1 unspecified atom stereocenters. The van der Waals surface area contributed by atoms with Crippen LogP contribution in [0.1, 0.15) is 31.3 Å². The topological polar surface area (TPSA) is 68.3 Å². The van der Waals surface area contributed by atoms with Crippen LogP contribution >= 0.6 is 0 Å².